The molecule has 0 saturated heterocycles. The molecule has 3 aromatic rings. The zero-order chi connectivity index (χ0) is 25.5. The normalized spacial score (nSPS) is 10.7. The number of rotatable bonds is 6. The predicted octanol–water partition coefficient (Wildman–Crippen LogP) is 4.25. The van der Waals surface area contributed by atoms with E-state index in [0.717, 1.165) is 40.9 Å². The fraction of sp³-hybridized carbons (Fsp3) is 0.292. The van der Waals surface area contributed by atoms with Crippen molar-refractivity contribution in [3.8, 4) is 23.3 Å². The van der Waals surface area contributed by atoms with E-state index in [1.165, 1.54) is 0 Å². The molecule has 0 bridgehead atoms. The van der Waals surface area contributed by atoms with Crippen LogP contribution in [0.3, 0.4) is 0 Å². The number of aromatic nitrogens is 2. The van der Waals surface area contributed by atoms with Gasteiger partial charge in [-0.1, -0.05) is 37.1 Å². The Balaban J connectivity index is 0.000000739. The second-order valence-corrected chi connectivity index (χ2v) is 9.43. The van der Waals surface area contributed by atoms with Crippen LogP contribution in [0.5, 0.6) is 0 Å². The van der Waals surface area contributed by atoms with Crippen LogP contribution < -0.4 is 0 Å². The molecule has 0 aliphatic rings. The average Bonchev–Trinajstić information content (AvgIpc) is 3.05. The van der Waals surface area contributed by atoms with Crippen LogP contribution in [0.2, 0.25) is 5.15 Å². The number of nitrogens with zero attached hydrogens (tertiary/aromatic N) is 4. The van der Waals surface area contributed by atoms with Crippen LogP contribution in [0.15, 0.2) is 36.5 Å². The van der Waals surface area contributed by atoms with E-state index in [0.29, 0.717) is 34.6 Å². The van der Waals surface area contributed by atoms with Crippen molar-refractivity contribution >= 4 is 21.7 Å². The summed E-state index contributed by atoms with van der Waals surface area (Å²) in [5, 5.41) is 28.8. The van der Waals surface area contributed by atoms with Crippen molar-refractivity contribution in [2.24, 2.45) is 0 Å². The summed E-state index contributed by atoms with van der Waals surface area (Å²) in [5.74, 6) is 0. The molecular formula is C24H25ClN4O4S. The SMILES string of the molecule is CCCc1c(C#N)c(-c2ccc(C#N)cc2)c(C)n1Cc1cnc(Cl)c(CO)c1.CS(=O)(=O)O. The molecule has 1 aromatic carbocycles. The van der Waals surface area contributed by atoms with Gasteiger partial charge in [-0.25, -0.2) is 4.98 Å². The molecule has 0 fully saturated rings. The smallest absolute Gasteiger partial charge is 0.261 e. The van der Waals surface area contributed by atoms with Crippen molar-refractivity contribution in [3.63, 3.8) is 0 Å². The number of benzene rings is 1. The molecule has 2 aromatic heterocycles. The van der Waals surface area contributed by atoms with Crippen molar-refractivity contribution < 1.29 is 18.1 Å². The van der Waals surface area contributed by atoms with Gasteiger partial charge in [-0.2, -0.15) is 18.9 Å². The summed E-state index contributed by atoms with van der Waals surface area (Å²) in [6.07, 6.45) is 4.09. The van der Waals surface area contributed by atoms with Gasteiger partial charge in [0.1, 0.15) is 11.2 Å². The lowest BCUT2D eigenvalue weighted by molar-refractivity contribution is 0.281. The van der Waals surface area contributed by atoms with E-state index in [2.05, 4.69) is 28.6 Å². The van der Waals surface area contributed by atoms with Crippen LogP contribution in [-0.4, -0.2) is 33.9 Å². The summed E-state index contributed by atoms with van der Waals surface area (Å²) in [6.45, 7) is 4.45. The van der Waals surface area contributed by atoms with Gasteiger partial charge < -0.3 is 9.67 Å². The zero-order valence-corrected chi connectivity index (χ0v) is 20.7. The molecule has 0 radical (unpaired) electrons. The number of halogens is 1. The minimum atomic E-state index is -3.67. The molecule has 0 saturated carbocycles. The van der Waals surface area contributed by atoms with Crippen LogP contribution in [-0.2, 0) is 29.7 Å². The van der Waals surface area contributed by atoms with Gasteiger partial charge in [-0.3, -0.25) is 4.55 Å². The Kier molecular flexibility index (Phi) is 9.36. The molecule has 0 unspecified atom stereocenters. The van der Waals surface area contributed by atoms with Gasteiger partial charge in [-0.15, -0.1) is 0 Å². The highest BCUT2D eigenvalue weighted by Crippen LogP contribution is 2.34. The average molecular weight is 501 g/mol. The van der Waals surface area contributed by atoms with Crippen LogP contribution in [0.25, 0.3) is 11.1 Å². The van der Waals surface area contributed by atoms with Crippen LogP contribution in [0, 0.1) is 29.6 Å². The predicted molar refractivity (Wildman–Crippen MR) is 130 cm³/mol. The topological polar surface area (TPSA) is 140 Å². The van der Waals surface area contributed by atoms with Gasteiger partial charge in [0.2, 0.25) is 0 Å². The first kappa shape index (κ1) is 27.0. The molecule has 0 spiro atoms. The van der Waals surface area contributed by atoms with E-state index in [4.69, 9.17) is 21.4 Å². The molecule has 10 heteroatoms. The van der Waals surface area contributed by atoms with Crippen molar-refractivity contribution in [2.75, 3.05) is 6.26 Å². The maximum Gasteiger partial charge on any atom is 0.261 e. The zero-order valence-electron chi connectivity index (χ0n) is 19.1. The molecule has 0 aliphatic carbocycles. The van der Waals surface area contributed by atoms with Crippen molar-refractivity contribution in [1.82, 2.24) is 9.55 Å². The Morgan fingerprint density at radius 2 is 1.79 bits per heavy atom. The first-order chi connectivity index (χ1) is 16.0. The quantitative estimate of drug-likeness (QED) is 0.380. The first-order valence-corrected chi connectivity index (χ1v) is 12.6. The fourth-order valence-corrected chi connectivity index (χ4v) is 3.78. The molecule has 8 nitrogen and oxygen atoms in total. The van der Waals surface area contributed by atoms with Crippen LogP contribution in [0.1, 0.15) is 47.0 Å². The minimum Gasteiger partial charge on any atom is -0.392 e. The molecule has 2 N–H and O–H groups in total. The Morgan fingerprint density at radius 1 is 1.18 bits per heavy atom. The second-order valence-electron chi connectivity index (χ2n) is 7.60. The fourth-order valence-electron chi connectivity index (χ4n) is 3.62. The Labute approximate surface area is 204 Å². The summed E-state index contributed by atoms with van der Waals surface area (Å²) < 4.78 is 28.0. The molecule has 178 valence electrons. The van der Waals surface area contributed by atoms with Gasteiger partial charge in [-0.05, 0) is 42.7 Å². The summed E-state index contributed by atoms with van der Waals surface area (Å²) in [6, 6.07) is 13.7. The second kappa shape index (κ2) is 11.8. The van der Waals surface area contributed by atoms with E-state index in [1.54, 1.807) is 18.3 Å². The van der Waals surface area contributed by atoms with Crippen molar-refractivity contribution in [1.29, 1.82) is 10.5 Å². The Morgan fingerprint density at radius 3 is 2.29 bits per heavy atom. The van der Waals surface area contributed by atoms with E-state index in [1.807, 2.05) is 25.1 Å². The molecule has 34 heavy (non-hydrogen) atoms. The lowest BCUT2D eigenvalue weighted by Gasteiger charge is -2.13. The van der Waals surface area contributed by atoms with Gasteiger partial charge in [0, 0.05) is 35.3 Å². The third kappa shape index (κ3) is 6.89. The van der Waals surface area contributed by atoms with Crippen LogP contribution >= 0.6 is 11.6 Å². The van der Waals surface area contributed by atoms with Crippen LogP contribution in [0.4, 0.5) is 0 Å². The summed E-state index contributed by atoms with van der Waals surface area (Å²) in [7, 11) is -3.67. The molecule has 3 rings (SSSR count). The van der Waals surface area contributed by atoms with Crippen molar-refractivity contribution in [3.05, 3.63) is 75.3 Å². The Hall–Kier alpha value is -3.21. The Bertz CT molecular complexity index is 1340. The molecule has 0 atom stereocenters. The lowest BCUT2D eigenvalue weighted by Crippen LogP contribution is -2.08. The third-order valence-corrected chi connectivity index (χ3v) is 5.35. The number of aliphatic hydroxyl groups is 1. The maximum absolute atomic E-state index is 9.93. The monoisotopic (exact) mass is 500 g/mol. The standard InChI is InChI=1S/C23H21ClN4O.CH4O3S/c1-3-4-21-20(11-26)22(18-7-5-16(10-25)6-8-18)15(2)28(21)13-17-9-19(14-29)23(24)27-12-17;1-5(2,3)4/h5-9,12,29H,3-4,13-14H2,1-2H3;1H3,(H,2,3,4). The van der Waals surface area contributed by atoms with Gasteiger partial charge >= 0.3 is 0 Å². The minimum absolute atomic E-state index is 0.175. The van der Waals surface area contributed by atoms with Gasteiger partial charge in [0.15, 0.2) is 0 Å². The molecule has 2 heterocycles. The first-order valence-electron chi connectivity index (χ1n) is 10.3. The highest BCUT2D eigenvalue weighted by atomic mass is 35.5. The number of nitriles is 2. The number of hydrogen-bond acceptors (Lipinski definition) is 6. The largest absolute Gasteiger partial charge is 0.392 e. The van der Waals surface area contributed by atoms with E-state index >= 15 is 0 Å². The van der Waals surface area contributed by atoms with Gasteiger partial charge in [0.05, 0.1) is 30.1 Å². The third-order valence-electron chi connectivity index (χ3n) is 5.01. The molecule has 0 amide bonds. The highest BCUT2D eigenvalue weighted by molar-refractivity contribution is 7.85. The number of pyridine rings is 1. The lowest BCUT2D eigenvalue weighted by atomic mass is 9.99. The van der Waals surface area contributed by atoms with E-state index < -0.39 is 10.1 Å². The molecule has 0 aliphatic heterocycles. The summed E-state index contributed by atoms with van der Waals surface area (Å²) in [4.78, 5) is 4.17. The number of aliphatic hydroxyl groups excluding tert-OH is 1. The van der Waals surface area contributed by atoms with E-state index in [-0.39, 0.29) is 6.61 Å². The highest BCUT2D eigenvalue weighted by Gasteiger charge is 2.21. The molecular weight excluding hydrogens is 476 g/mol. The van der Waals surface area contributed by atoms with E-state index in [9.17, 15) is 18.8 Å². The number of hydrogen-bond donors (Lipinski definition) is 2. The van der Waals surface area contributed by atoms with Gasteiger partial charge in [0.25, 0.3) is 10.1 Å². The van der Waals surface area contributed by atoms with Crippen molar-refractivity contribution in [2.45, 2.75) is 39.8 Å². The summed E-state index contributed by atoms with van der Waals surface area (Å²) >= 11 is 6.02. The summed E-state index contributed by atoms with van der Waals surface area (Å²) in [5.41, 5.74) is 6.51. The maximum atomic E-state index is 9.93.